The molecule has 0 spiro atoms. The Morgan fingerprint density at radius 3 is 2.95 bits per heavy atom. The molecule has 0 radical (unpaired) electrons. The SMILES string of the molecule is CC(CO)(CCF)NC(=O)C1C2Cc3ccccc3C21. The summed E-state index contributed by atoms with van der Waals surface area (Å²) in [6, 6.07) is 8.26. The van der Waals surface area contributed by atoms with Crippen LogP contribution in [0.2, 0.25) is 0 Å². The van der Waals surface area contributed by atoms with Crippen molar-refractivity contribution < 1.29 is 14.3 Å². The monoisotopic (exact) mass is 277 g/mol. The van der Waals surface area contributed by atoms with E-state index in [4.69, 9.17) is 0 Å². The van der Waals surface area contributed by atoms with Gasteiger partial charge in [0.15, 0.2) is 0 Å². The molecule has 3 rings (SSSR count). The molecule has 2 aliphatic rings. The second-order valence-corrected chi connectivity index (χ2v) is 6.27. The summed E-state index contributed by atoms with van der Waals surface area (Å²) in [7, 11) is 0. The summed E-state index contributed by atoms with van der Waals surface area (Å²) in [4.78, 5) is 12.3. The standard InChI is InChI=1S/C16H20FNO2/c1-16(9-19,6-7-17)18-15(20)14-12-8-10-4-2-3-5-11(10)13(12)14/h2-5,12-14,19H,6-9H2,1H3,(H,18,20). The highest BCUT2D eigenvalue weighted by atomic mass is 19.1. The predicted octanol–water partition coefficient (Wildman–Crippen LogP) is 1.80. The highest BCUT2D eigenvalue weighted by molar-refractivity contribution is 5.85. The van der Waals surface area contributed by atoms with Crippen molar-refractivity contribution >= 4 is 5.91 Å². The fourth-order valence-corrected chi connectivity index (χ4v) is 3.48. The molecule has 3 nitrogen and oxygen atoms in total. The van der Waals surface area contributed by atoms with E-state index in [1.54, 1.807) is 6.92 Å². The van der Waals surface area contributed by atoms with Gasteiger partial charge in [-0.25, -0.2) is 0 Å². The smallest absolute Gasteiger partial charge is 0.224 e. The number of carbonyl (C=O) groups is 1. The molecule has 1 saturated carbocycles. The average molecular weight is 277 g/mol. The van der Waals surface area contributed by atoms with Gasteiger partial charge in [0, 0.05) is 12.3 Å². The van der Waals surface area contributed by atoms with E-state index < -0.39 is 12.2 Å². The lowest BCUT2D eigenvalue weighted by molar-refractivity contribution is -0.125. The first kappa shape index (κ1) is 13.6. The molecule has 4 unspecified atom stereocenters. The van der Waals surface area contributed by atoms with Gasteiger partial charge in [-0.2, -0.15) is 0 Å². The van der Waals surface area contributed by atoms with Crippen molar-refractivity contribution in [3.63, 3.8) is 0 Å². The molecule has 0 bridgehead atoms. The second-order valence-electron chi connectivity index (χ2n) is 6.27. The molecule has 20 heavy (non-hydrogen) atoms. The van der Waals surface area contributed by atoms with Gasteiger partial charge < -0.3 is 10.4 Å². The first-order valence-corrected chi connectivity index (χ1v) is 7.16. The third-order valence-corrected chi connectivity index (χ3v) is 4.76. The Balaban J connectivity index is 1.68. The van der Waals surface area contributed by atoms with Crippen LogP contribution in [0.5, 0.6) is 0 Å². The lowest BCUT2D eigenvalue weighted by Crippen LogP contribution is -2.50. The molecular weight excluding hydrogens is 257 g/mol. The molecule has 1 aromatic rings. The van der Waals surface area contributed by atoms with E-state index in [0.29, 0.717) is 11.8 Å². The van der Waals surface area contributed by atoms with Gasteiger partial charge in [0.05, 0.1) is 18.8 Å². The maximum Gasteiger partial charge on any atom is 0.224 e. The molecule has 0 heterocycles. The van der Waals surface area contributed by atoms with E-state index in [9.17, 15) is 14.3 Å². The van der Waals surface area contributed by atoms with Crippen LogP contribution < -0.4 is 5.32 Å². The number of alkyl halides is 1. The fraction of sp³-hybridized carbons (Fsp3) is 0.562. The van der Waals surface area contributed by atoms with Gasteiger partial charge in [-0.3, -0.25) is 9.18 Å². The van der Waals surface area contributed by atoms with Crippen molar-refractivity contribution in [2.75, 3.05) is 13.3 Å². The molecule has 0 aliphatic heterocycles. The van der Waals surface area contributed by atoms with Crippen LogP contribution in [0.25, 0.3) is 0 Å². The van der Waals surface area contributed by atoms with E-state index in [-0.39, 0.29) is 24.9 Å². The topological polar surface area (TPSA) is 49.3 Å². The number of amides is 1. The predicted molar refractivity (Wildman–Crippen MR) is 74.1 cm³/mol. The molecule has 2 N–H and O–H groups in total. The van der Waals surface area contributed by atoms with Crippen LogP contribution in [0.15, 0.2) is 24.3 Å². The van der Waals surface area contributed by atoms with Crippen LogP contribution in [0.4, 0.5) is 4.39 Å². The second kappa shape index (κ2) is 4.85. The lowest BCUT2D eigenvalue weighted by Gasteiger charge is -2.28. The molecule has 1 amide bonds. The van der Waals surface area contributed by atoms with Crippen LogP contribution >= 0.6 is 0 Å². The van der Waals surface area contributed by atoms with Gasteiger partial charge in [0.25, 0.3) is 0 Å². The number of fused-ring (bicyclic) bond motifs is 3. The zero-order chi connectivity index (χ0) is 14.3. The van der Waals surface area contributed by atoms with Gasteiger partial charge in [0.1, 0.15) is 0 Å². The summed E-state index contributed by atoms with van der Waals surface area (Å²) in [5.74, 6) is 0.662. The molecule has 4 atom stereocenters. The quantitative estimate of drug-likeness (QED) is 0.862. The van der Waals surface area contributed by atoms with Crippen molar-refractivity contribution in [2.45, 2.75) is 31.2 Å². The van der Waals surface area contributed by atoms with Crippen LogP contribution in [0.3, 0.4) is 0 Å². The molecule has 1 aromatic carbocycles. The summed E-state index contributed by atoms with van der Waals surface area (Å²) < 4.78 is 12.5. The van der Waals surface area contributed by atoms with Gasteiger partial charge >= 0.3 is 0 Å². The Kier molecular flexibility index (Phi) is 3.28. The minimum Gasteiger partial charge on any atom is -0.394 e. The maximum atomic E-state index is 12.5. The molecule has 0 saturated heterocycles. The molecule has 1 fully saturated rings. The minimum absolute atomic E-state index is 0.00427. The Hall–Kier alpha value is -1.42. The molecular formula is C16H20FNO2. The number of benzene rings is 1. The van der Waals surface area contributed by atoms with Gasteiger partial charge in [0.2, 0.25) is 5.91 Å². The van der Waals surface area contributed by atoms with Crippen molar-refractivity contribution in [1.29, 1.82) is 0 Å². The van der Waals surface area contributed by atoms with Crippen molar-refractivity contribution in [3.8, 4) is 0 Å². The van der Waals surface area contributed by atoms with E-state index in [0.717, 1.165) is 6.42 Å². The van der Waals surface area contributed by atoms with Crippen molar-refractivity contribution in [1.82, 2.24) is 5.32 Å². The first-order valence-electron chi connectivity index (χ1n) is 7.16. The third-order valence-electron chi connectivity index (χ3n) is 4.76. The third kappa shape index (κ3) is 2.12. The van der Waals surface area contributed by atoms with E-state index >= 15 is 0 Å². The van der Waals surface area contributed by atoms with Crippen LogP contribution in [-0.2, 0) is 11.2 Å². The number of aliphatic hydroxyl groups is 1. The maximum absolute atomic E-state index is 12.5. The van der Waals surface area contributed by atoms with E-state index in [2.05, 4.69) is 17.4 Å². The van der Waals surface area contributed by atoms with Crippen molar-refractivity contribution in [2.24, 2.45) is 11.8 Å². The van der Waals surface area contributed by atoms with Gasteiger partial charge in [-0.15, -0.1) is 0 Å². The number of halogens is 1. The summed E-state index contributed by atoms with van der Waals surface area (Å²) in [6.45, 7) is 0.912. The number of hydrogen-bond acceptors (Lipinski definition) is 2. The Morgan fingerprint density at radius 2 is 2.25 bits per heavy atom. The largest absolute Gasteiger partial charge is 0.394 e. The highest BCUT2D eigenvalue weighted by Gasteiger charge is 2.59. The van der Waals surface area contributed by atoms with Crippen molar-refractivity contribution in [3.05, 3.63) is 35.4 Å². The lowest BCUT2D eigenvalue weighted by atomic mass is 9.97. The summed E-state index contributed by atoms with van der Waals surface area (Å²) in [5, 5.41) is 12.2. The number of aliphatic hydroxyl groups excluding tert-OH is 1. The Morgan fingerprint density at radius 1 is 1.50 bits per heavy atom. The van der Waals surface area contributed by atoms with E-state index in [1.807, 2.05) is 12.1 Å². The number of rotatable bonds is 5. The normalized spacial score (nSPS) is 29.2. The molecule has 2 aliphatic carbocycles. The van der Waals surface area contributed by atoms with Gasteiger partial charge in [-0.1, -0.05) is 24.3 Å². The van der Waals surface area contributed by atoms with E-state index in [1.165, 1.54) is 11.1 Å². The zero-order valence-corrected chi connectivity index (χ0v) is 11.6. The number of carbonyl (C=O) groups excluding carboxylic acids is 1. The Labute approximate surface area is 118 Å². The van der Waals surface area contributed by atoms with Crippen LogP contribution in [-0.4, -0.2) is 29.8 Å². The van der Waals surface area contributed by atoms with Gasteiger partial charge in [-0.05, 0) is 36.3 Å². The first-order chi connectivity index (χ1) is 9.59. The number of hydrogen-bond donors (Lipinski definition) is 2. The molecule has 108 valence electrons. The minimum atomic E-state index is -0.845. The summed E-state index contributed by atoms with van der Waals surface area (Å²) in [5.41, 5.74) is 1.79. The van der Waals surface area contributed by atoms with Crippen LogP contribution in [0, 0.1) is 11.8 Å². The summed E-state index contributed by atoms with van der Waals surface area (Å²) >= 11 is 0. The Bertz CT molecular complexity index is 533. The van der Waals surface area contributed by atoms with Crippen LogP contribution in [0.1, 0.15) is 30.4 Å². The number of nitrogens with one attached hydrogen (secondary N) is 1. The summed E-state index contributed by atoms with van der Waals surface area (Å²) in [6.07, 6.45) is 1.10. The molecule has 0 aromatic heterocycles. The molecule has 4 heteroatoms. The average Bonchev–Trinajstić information content (AvgIpc) is 3.02. The zero-order valence-electron chi connectivity index (χ0n) is 11.6. The highest BCUT2D eigenvalue weighted by Crippen LogP contribution is 2.61. The fourth-order valence-electron chi connectivity index (χ4n) is 3.48.